The number of benzene rings is 1. The van der Waals surface area contributed by atoms with Crippen molar-refractivity contribution in [1.29, 1.82) is 0 Å². The summed E-state index contributed by atoms with van der Waals surface area (Å²) < 4.78 is 11.1. The van der Waals surface area contributed by atoms with Crippen LogP contribution in [0.3, 0.4) is 0 Å². The maximum absolute atomic E-state index is 11.4. The molecule has 1 N–H and O–H groups in total. The van der Waals surface area contributed by atoms with Crippen LogP contribution in [0.4, 0.5) is 6.01 Å². The fourth-order valence-corrected chi connectivity index (χ4v) is 2.49. The number of fused-ring (bicyclic) bond motifs is 1. The van der Waals surface area contributed by atoms with Crippen molar-refractivity contribution in [3.8, 4) is 0 Å². The van der Waals surface area contributed by atoms with Crippen molar-refractivity contribution in [2.24, 2.45) is 0 Å². The fourth-order valence-electron chi connectivity index (χ4n) is 2.49. The van der Waals surface area contributed by atoms with Gasteiger partial charge in [-0.1, -0.05) is 6.07 Å². The van der Waals surface area contributed by atoms with E-state index in [1.807, 2.05) is 11.8 Å². The van der Waals surface area contributed by atoms with E-state index < -0.39 is 5.97 Å². The second-order valence-corrected chi connectivity index (χ2v) is 5.02. The summed E-state index contributed by atoms with van der Waals surface area (Å²) in [5.41, 5.74) is 1.80. The maximum Gasteiger partial charge on any atom is 0.338 e. The molecule has 0 bridgehead atoms. The van der Waals surface area contributed by atoms with Crippen molar-refractivity contribution < 1.29 is 19.1 Å². The van der Waals surface area contributed by atoms with Crippen LogP contribution >= 0.6 is 0 Å². The van der Waals surface area contributed by atoms with Gasteiger partial charge in [0, 0.05) is 6.54 Å². The number of aromatic carboxylic acids is 1. The molecule has 1 aliphatic rings. The molecule has 1 aromatic heterocycles. The van der Waals surface area contributed by atoms with Crippen LogP contribution in [0, 0.1) is 6.92 Å². The molecule has 2 aromatic rings. The van der Waals surface area contributed by atoms with Crippen molar-refractivity contribution in [2.45, 2.75) is 19.9 Å². The van der Waals surface area contributed by atoms with Gasteiger partial charge in [-0.15, -0.1) is 0 Å². The molecule has 106 valence electrons. The Morgan fingerprint density at radius 3 is 3.00 bits per heavy atom. The molecule has 0 spiro atoms. The summed E-state index contributed by atoms with van der Waals surface area (Å²) in [6.07, 6.45) is 0. The number of ether oxygens (including phenoxy) is 1. The Balaban J connectivity index is 2.10. The molecule has 0 saturated carbocycles. The Morgan fingerprint density at radius 2 is 2.30 bits per heavy atom. The molecule has 1 atom stereocenters. The number of oxazole rings is 1. The lowest BCUT2D eigenvalue weighted by Gasteiger charge is -2.31. The van der Waals surface area contributed by atoms with Crippen molar-refractivity contribution in [3.05, 3.63) is 23.3 Å². The first-order valence-corrected chi connectivity index (χ1v) is 6.55. The monoisotopic (exact) mass is 276 g/mol. The van der Waals surface area contributed by atoms with Gasteiger partial charge in [0.1, 0.15) is 5.52 Å². The zero-order chi connectivity index (χ0) is 14.3. The third kappa shape index (κ3) is 2.02. The van der Waals surface area contributed by atoms with Crippen LogP contribution in [0.15, 0.2) is 16.5 Å². The second-order valence-electron chi connectivity index (χ2n) is 5.02. The van der Waals surface area contributed by atoms with E-state index in [9.17, 15) is 9.90 Å². The molecular weight excluding hydrogens is 260 g/mol. The van der Waals surface area contributed by atoms with Gasteiger partial charge in [0.25, 0.3) is 6.01 Å². The van der Waals surface area contributed by atoms with E-state index in [0.29, 0.717) is 42.4 Å². The van der Waals surface area contributed by atoms with E-state index in [2.05, 4.69) is 4.98 Å². The van der Waals surface area contributed by atoms with Crippen LogP contribution in [-0.2, 0) is 4.74 Å². The van der Waals surface area contributed by atoms with E-state index >= 15 is 0 Å². The maximum atomic E-state index is 11.4. The Bertz CT molecular complexity index is 664. The Kier molecular flexibility index (Phi) is 3.10. The van der Waals surface area contributed by atoms with Gasteiger partial charge in [0.2, 0.25) is 0 Å². The third-order valence-corrected chi connectivity index (χ3v) is 3.59. The van der Waals surface area contributed by atoms with Crippen molar-refractivity contribution in [1.82, 2.24) is 4.98 Å². The lowest BCUT2D eigenvalue weighted by atomic mass is 10.1. The van der Waals surface area contributed by atoms with E-state index in [1.165, 1.54) is 0 Å². The Hall–Kier alpha value is -2.08. The van der Waals surface area contributed by atoms with Crippen LogP contribution in [-0.4, -0.2) is 41.9 Å². The molecule has 6 heteroatoms. The highest BCUT2D eigenvalue weighted by Crippen LogP contribution is 2.28. The number of carboxylic acids is 1. The minimum atomic E-state index is -0.983. The summed E-state index contributed by atoms with van der Waals surface area (Å²) in [5.74, 6) is -0.983. The normalized spacial score (nSPS) is 19.5. The summed E-state index contributed by atoms with van der Waals surface area (Å²) in [5, 5.41) is 9.32. The summed E-state index contributed by atoms with van der Waals surface area (Å²) in [6.45, 7) is 5.71. The molecule has 0 radical (unpaired) electrons. The quantitative estimate of drug-likeness (QED) is 0.904. The molecular formula is C14H16N2O4. The smallest absolute Gasteiger partial charge is 0.338 e. The molecule has 1 aliphatic heterocycles. The Labute approximate surface area is 116 Å². The first kappa shape index (κ1) is 12.9. The van der Waals surface area contributed by atoms with Crippen LogP contribution in [0.25, 0.3) is 11.1 Å². The topological polar surface area (TPSA) is 75.8 Å². The van der Waals surface area contributed by atoms with Crippen molar-refractivity contribution in [2.75, 3.05) is 24.7 Å². The number of aryl methyl sites for hydroxylation is 1. The standard InChI is InChI=1S/C14H16N2O4/c1-8-3-4-10-12(11(8)13(17)18)15-14(20-10)16-5-6-19-7-9(16)2/h3-4,9H,5-7H2,1-2H3,(H,17,18). The number of morpholine rings is 1. The van der Waals surface area contributed by atoms with Gasteiger partial charge in [0.05, 0.1) is 24.8 Å². The molecule has 20 heavy (non-hydrogen) atoms. The minimum absolute atomic E-state index is 0.159. The van der Waals surface area contributed by atoms with Gasteiger partial charge in [-0.3, -0.25) is 0 Å². The average Bonchev–Trinajstić information content (AvgIpc) is 2.82. The van der Waals surface area contributed by atoms with E-state index in [1.54, 1.807) is 19.1 Å². The van der Waals surface area contributed by atoms with E-state index in [4.69, 9.17) is 9.15 Å². The van der Waals surface area contributed by atoms with Crippen LogP contribution < -0.4 is 4.90 Å². The number of anilines is 1. The van der Waals surface area contributed by atoms with Crippen LogP contribution in [0.5, 0.6) is 0 Å². The van der Waals surface area contributed by atoms with E-state index in [-0.39, 0.29) is 11.6 Å². The molecule has 3 rings (SSSR count). The predicted molar refractivity (Wildman–Crippen MR) is 73.3 cm³/mol. The molecule has 2 heterocycles. The van der Waals surface area contributed by atoms with Crippen molar-refractivity contribution >= 4 is 23.1 Å². The number of nitrogens with zero attached hydrogens (tertiary/aromatic N) is 2. The predicted octanol–water partition coefficient (Wildman–Crippen LogP) is 2.06. The highest BCUT2D eigenvalue weighted by atomic mass is 16.5. The fraction of sp³-hybridized carbons (Fsp3) is 0.429. The van der Waals surface area contributed by atoms with Gasteiger partial charge in [-0.25, -0.2) is 4.79 Å². The molecule has 0 aliphatic carbocycles. The van der Waals surface area contributed by atoms with E-state index in [0.717, 1.165) is 0 Å². The minimum Gasteiger partial charge on any atom is -0.478 e. The highest BCUT2D eigenvalue weighted by molar-refractivity contribution is 6.02. The summed E-state index contributed by atoms with van der Waals surface area (Å²) in [6, 6.07) is 4.12. The highest BCUT2D eigenvalue weighted by Gasteiger charge is 2.25. The second kappa shape index (κ2) is 4.79. The van der Waals surface area contributed by atoms with Gasteiger partial charge in [-0.05, 0) is 25.5 Å². The molecule has 6 nitrogen and oxygen atoms in total. The Morgan fingerprint density at radius 1 is 1.50 bits per heavy atom. The largest absolute Gasteiger partial charge is 0.478 e. The number of rotatable bonds is 2. The van der Waals surface area contributed by atoms with Gasteiger partial charge in [-0.2, -0.15) is 4.98 Å². The first-order chi connectivity index (χ1) is 9.58. The first-order valence-electron chi connectivity index (χ1n) is 6.55. The number of hydrogen-bond donors (Lipinski definition) is 1. The van der Waals surface area contributed by atoms with Crippen molar-refractivity contribution in [3.63, 3.8) is 0 Å². The van der Waals surface area contributed by atoms with Gasteiger partial charge >= 0.3 is 5.97 Å². The van der Waals surface area contributed by atoms with Gasteiger partial charge < -0.3 is 19.2 Å². The number of carbonyl (C=O) groups is 1. The summed E-state index contributed by atoms with van der Waals surface area (Å²) in [7, 11) is 0. The van der Waals surface area contributed by atoms with Gasteiger partial charge in [0.15, 0.2) is 5.58 Å². The molecule has 1 saturated heterocycles. The number of hydrogen-bond acceptors (Lipinski definition) is 5. The zero-order valence-corrected chi connectivity index (χ0v) is 11.4. The molecule has 1 fully saturated rings. The lowest BCUT2D eigenvalue weighted by Crippen LogP contribution is -2.43. The average molecular weight is 276 g/mol. The molecule has 0 amide bonds. The summed E-state index contributed by atoms with van der Waals surface area (Å²) in [4.78, 5) is 17.8. The van der Waals surface area contributed by atoms with Crippen LogP contribution in [0.1, 0.15) is 22.8 Å². The zero-order valence-electron chi connectivity index (χ0n) is 11.4. The summed E-state index contributed by atoms with van der Waals surface area (Å²) >= 11 is 0. The lowest BCUT2D eigenvalue weighted by molar-refractivity contribution is 0.0698. The third-order valence-electron chi connectivity index (χ3n) is 3.59. The molecule has 1 aromatic carbocycles. The number of carboxylic acid groups (broad SMARTS) is 1. The number of aromatic nitrogens is 1. The molecule has 1 unspecified atom stereocenters. The van der Waals surface area contributed by atoms with Crippen LogP contribution in [0.2, 0.25) is 0 Å². The SMILES string of the molecule is Cc1ccc2oc(N3CCOCC3C)nc2c1C(=O)O.